The van der Waals surface area contributed by atoms with Crippen molar-refractivity contribution >= 4 is 23.4 Å². The Bertz CT molecular complexity index is 1410. The molecule has 2 aromatic heterocycles. The van der Waals surface area contributed by atoms with Crippen molar-refractivity contribution < 1.29 is 19.1 Å². The van der Waals surface area contributed by atoms with E-state index in [4.69, 9.17) is 4.74 Å². The number of aryl methyl sites for hydroxylation is 1. The lowest BCUT2D eigenvalue weighted by atomic mass is 10.1. The maximum atomic E-state index is 12.4. The highest BCUT2D eigenvalue weighted by Crippen LogP contribution is 2.24. The fraction of sp³-hybridized carbons (Fsp3) is 0.154. The number of imidazole rings is 1. The van der Waals surface area contributed by atoms with E-state index in [2.05, 4.69) is 20.3 Å². The van der Waals surface area contributed by atoms with E-state index in [9.17, 15) is 14.4 Å². The number of aromatic nitrogens is 4. The summed E-state index contributed by atoms with van der Waals surface area (Å²) in [7, 11) is 0. The zero-order chi connectivity index (χ0) is 25.1. The zero-order valence-corrected chi connectivity index (χ0v) is 19.4. The van der Waals surface area contributed by atoms with Gasteiger partial charge in [0.1, 0.15) is 23.7 Å². The minimum atomic E-state index is -0.317. The van der Waals surface area contributed by atoms with Crippen LogP contribution in [-0.2, 0) is 4.79 Å². The molecule has 180 valence electrons. The Hall–Kier alpha value is -4.86. The molecule has 0 atom stereocenters. The van der Waals surface area contributed by atoms with Gasteiger partial charge in [0, 0.05) is 37.1 Å². The Morgan fingerprint density at radius 3 is 2.36 bits per heavy atom. The SMILES string of the molecule is Cc1nccn1-c1cc(Oc2ccc(NC(=O)CCCN3C(=O)c4ccccc4C3=O)cc2)ncn1. The third-order valence-corrected chi connectivity index (χ3v) is 5.72. The number of carbonyl (C=O) groups is 3. The van der Waals surface area contributed by atoms with Crippen LogP contribution in [-0.4, -0.2) is 48.7 Å². The fourth-order valence-corrected chi connectivity index (χ4v) is 3.93. The van der Waals surface area contributed by atoms with E-state index >= 15 is 0 Å². The molecule has 0 fully saturated rings. The highest BCUT2D eigenvalue weighted by Gasteiger charge is 2.34. The van der Waals surface area contributed by atoms with Gasteiger partial charge in [-0.05, 0) is 49.7 Å². The van der Waals surface area contributed by atoms with E-state index in [1.54, 1.807) is 67.0 Å². The fourth-order valence-electron chi connectivity index (χ4n) is 3.93. The normalized spacial score (nSPS) is 12.5. The second kappa shape index (κ2) is 9.79. The summed E-state index contributed by atoms with van der Waals surface area (Å²) in [6, 6.07) is 15.3. The second-order valence-corrected chi connectivity index (χ2v) is 8.14. The molecule has 3 heterocycles. The summed E-state index contributed by atoms with van der Waals surface area (Å²) in [4.78, 5) is 51.0. The molecule has 3 amide bonds. The first kappa shape index (κ1) is 22.9. The molecule has 0 aliphatic carbocycles. The molecule has 0 saturated carbocycles. The summed E-state index contributed by atoms with van der Waals surface area (Å²) in [6.07, 6.45) is 5.45. The van der Waals surface area contributed by atoms with Gasteiger partial charge in [-0.25, -0.2) is 15.0 Å². The molecule has 2 aromatic carbocycles. The van der Waals surface area contributed by atoms with Crippen LogP contribution in [0.25, 0.3) is 5.82 Å². The number of hydrogen-bond donors (Lipinski definition) is 1. The number of ether oxygens (including phenoxy) is 1. The second-order valence-electron chi connectivity index (χ2n) is 8.14. The van der Waals surface area contributed by atoms with Crippen molar-refractivity contribution in [2.45, 2.75) is 19.8 Å². The van der Waals surface area contributed by atoms with Gasteiger partial charge >= 0.3 is 0 Å². The molecular formula is C26H22N6O4. The topological polar surface area (TPSA) is 119 Å². The largest absolute Gasteiger partial charge is 0.439 e. The number of nitrogens with zero attached hydrogens (tertiary/aromatic N) is 5. The molecule has 4 aromatic rings. The average Bonchev–Trinajstić information content (AvgIpc) is 3.42. The number of rotatable bonds is 8. The van der Waals surface area contributed by atoms with Crippen molar-refractivity contribution in [3.8, 4) is 17.4 Å². The van der Waals surface area contributed by atoms with Crippen LogP contribution < -0.4 is 10.1 Å². The van der Waals surface area contributed by atoms with Crippen molar-refractivity contribution in [1.29, 1.82) is 0 Å². The van der Waals surface area contributed by atoms with Crippen molar-refractivity contribution in [1.82, 2.24) is 24.4 Å². The smallest absolute Gasteiger partial charge is 0.261 e. The van der Waals surface area contributed by atoms with Crippen LogP contribution in [0, 0.1) is 6.92 Å². The van der Waals surface area contributed by atoms with Gasteiger partial charge in [-0.15, -0.1) is 0 Å². The molecule has 10 nitrogen and oxygen atoms in total. The van der Waals surface area contributed by atoms with Crippen LogP contribution in [0.15, 0.2) is 73.3 Å². The summed E-state index contributed by atoms with van der Waals surface area (Å²) < 4.78 is 7.64. The monoisotopic (exact) mass is 482 g/mol. The Balaban J connectivity index is 1.12. The zero-order valence-electron chi connectivity index (χ0n) is 19.4. The van der Waals surface area contributed by atoms with Gasteiger partial charge in [0.15, 0.2) is 0 Å². The van der Waals surface area contributed by atoms with Crippen LogP contribution in [0.5, 0.6) is 11.6 Å². The third kappa shape index (κ3) is 4.69. The Kier molecular flexibility index (Phi) is 6.23. The predicted molar refractivity (Wildman–Crippen MR) is 130 cm³/mol. The molecule has 10 heteroatoms. The number of amides is 3. The number of carbonyl (C=O) groups excluding carboxylic acids is 3. The van der Waals surface area contributed by atoms with Gasteiger partial charge < -0.3 is 10.1 Å². The number of nitrogens with one attached hydrogen (secondary N) is 1. The van der Waals surface area contributed by atoms with Crippen LogP contribution >= 0.6 is 0 Å². The minimum absolute atomic E-state index is 0.170. The molecule has 0 bridgehead atoms. The molecule has 0 spiro atoms. The van der Waals surface area contributed by atoms with Crippen LogP contribution in [0.3, 0.4) is 0 Å². The summed E-state index contributed by atoms with van der Waals surface area (Å²) >= 11 is 0. The summed E-state index contributed by atoms with van der Waals surface area (Å²) in [5, 5.41) is 2.81. The third-order valence-electron chi connectivity index (χ3n) is 5.72. The number of imide groups is 1. The average molecular weight is 483 g/mol. The lowest BCUT2D eigenvalue weighted by Crippen LogP contribution is -2.31. The number of benzene rings is 2. The van der Waals surface area contributed by atoms with Gasteiger partial charge in [-0.1, -0.05) is 12.1 Å². The number of hydrogen-bond acceptors (Lipinski definition) is 7. The van der Waals surface area contributed by atoms with Gasteiger partial charge in [0.05, 0.1) is 11.1 Å². The highest BCUT2D eigenvalue weighted by molar-refractivity contribution is 6.21. The molecule has 5 rings (SSSR count). The molecule has 1 aliphatic heterocycles. The van der Waals surface area contributed by atoms with E-state index in [1.807, 2.05) is 11.5 Å². The Morgan fingerprint density at radius 2 is 1.69 bits per heavy atom. The van der Waals surface area contributed by atoms with Crippen LogP contribution in [0.2, 0.25) is 0 Å². The maximum absolute atomic E-state index is 12.4. The number of anilines is 1. The molecule has 1 N–H and O–H groups in total. The molecule has 0 radical (unpaired) electrons. The standard InChI is InChI=1S/C26H22N6O4/c1-17-27-12-14-31(17)22-15-24(29-16-28-22)36-19-10-8-18(9-11-19)30-23(33)7-4-13-32-25(34)20-5-2-3-6-21(20)26(32)35/h2-3,5-6,8-12,14-16H,4,7,13H2,1H3,(H,30,33). The van der Waals surface area contributed by atoms with Crippen molar-refractivity contribution in [3.05, 3.63) is 90.3 Å². The summed E-state index contributed by atoms with van der Waals surface area (Å²) in [5.74, 6) is 1.51. The lowest BCUT2D eigenvalue weighted by Gasteiger charge is -2.13. The van der Waals surface area contributed by atoms with E-state index in [0.29, 0.717) is 40.7 Å². The van der Waals surface area contributed by atoms with Crippen LogP contribution in [0.1, 0.15) is 39.4 Å². The van der Waals surface area contributed by atoms with Gasteiger partial charge in [-0.2, -0.15) is 0 Å². The number of fused-ring (bicyclic) bond motifs is 1. The van der Waals surface area contributed by atoms with Gasteiger partial charge in [-0.3, -0.25) is 23.9 Å². The highest BCUT2D eigenvalue weighted by atomic mass is 16.5. The molecule has 0 saturated heterocycles. The van der Waals surface area contributed by atoms with E-state index in [-0.39, 0.29) is 30.7 Å². The first-order chi connectivity index (χ1) is 17.5. The Morgan fingerprint density at radius 1 is 0.972 bits per heavy atom. The Labute approximate surface area is 206 Å². The van der Waals surface area contributed by atoms with Crippen molar-refractivity contribution in [2.24, 2.45) is 0 Å². The molecule has 1 aliphatic rings. The lowest BCUT2D eigenvalue weighted by molar-refractivity contribution is -0.116. The summed E-state index contributed by atoms with van der Waals surface area (Å²) in [5.41, 5.74) is 1.42. The molecule has 36 heavy (non-hydrogen) atoms. The molecular weight excluding hydrogens is 460 g/mol. The van der Waals surface area contributed by atoms with Crippen LogP contribution in [0.4, 0.5) is 5.69 Å². The van der Waals surface area contributed by atoms with Gasteiger partial charge in [0.25, 0.3) is 11.8 Å². The van der Waals surface area contributed by atoms with E-state index in [0.717, 1.165) is 5.82 Å². The maximum Gasteiger partial charge on any atom is 0.261 e. The minimum Gasteiger partial charge on any atom is -0.439 e. The first-order valence-corrected chi connectivity index (χ1v) is 11.3. The quantitative estimate of drug-likeness (QED) is 0.380. The van der Waals surface area contributed by atoms with E-state index < -0.39 is 0 Å². The first-order valence-electron chi connectivity index (χ1n) is 11.3. The summed E-state index contributed by atoms with van der Waals surface area (Å²) in [6.45, 7) is 2.06. The predicted octanol–water partition coefficient (Wildman–Crippen LogP) is 3.78. The molecule has 0 unspecified atom stereocenters. The van der Waals surface area contributed by atoms with Crippen molar-refractivity contribution in [2.75, 3.05) is 11.9 Å². The van der Waals surface area contributed by atoms with Crippen molar-refractivity contribution in [3.63, 3.8) is 0 Å². The van der Waals surface area contributed by atoms with E-state index in [1.165, 1.54) is 11.2 Å². The van der Waals surface area contributed by atoms with Gasteiger partial charge in [0.2, 0.25) is 11.8 Å².